The molecule has 1 saturated heterocycles. The SMILES string of the molecule is CC(C)N(CC1CCCN(C(=O)c2cccnc2SC(F)F)C1)C(=O)OC(C)(C)C. The van der Waals surface area contributed by atoms with E-state index in [4.69, 9.17) is 4.74 Å². The molecule has 2 rings (SSSR count). The number of pyridine rings is 1. The minimum atomic E-state index is -2.64. The third-order valence-corrected chi connectivity index (χ3v) is 5.44. The van der Waals surface area contributed by atoms with E-state index in [0.29, 0.717) is 19.6 Å². The van der Waals surface area contributed by atoms with Gasteiger partial charge in [0.05, 0.1) is 5.56 Å². The minimum absolute atomic E-state index is 0.0391. The van der Waals surface area contributed by atoms with Crippen LogP contribution in [0.5, 0.6) is 0 Å². The van der Waals surface area contributed by atoms with Gasteiger partial charge in [0, 0.05) is 31.9 Å². The molecule has 0 aliphatic carbocycles. The maximum absolute atomic E-state index is 13.0. The number of carbonyl (C=O) groups is 2. The van der Waals surface area contributed by atoms with Crippen LogP contribution in [-0.2, 0) is 4.74 Å². The molecule has 1 aliphatic heterocycles. The third-order valence-electron chi connectivity index (χ3n) is 4.71. The smallest absolute Gasteiger partial charge is 0.410 e. The van der Waals surface area contributed by atoms with Crippen LogP contribution in [0.4, 0.5) is 13.6 Å². The van der Waals surface area contributed by atoms with Gasteiger partial charge in [-0.2, -0.15) is 8.78 Å². The zero-order valence-corrected chi connectivity index (χ0v) is 19.0. The van der Waals surface area contributed by atoms with Gasteiger partial charge in [0.15, 0.2) is 0 Å². The maximum Gasteiger partial charge on any atom is 0.410 e. The Morgan fingerprint density at radius 3 is 2.67 bits per heavy atom. The summed E-state index contributed by atoms with van der Waals surface area (Å²) >= 11 is 0.281. The lowest BCUT2D eigenvalue weighted by Gasteiger charge is -2.37. The van der Waals surface area contributed by atoms with Gasteiger partial charge in [-0.05, 0) is 77.3 Å². The number of ether oxygens (including phenoxy) is 1. The van der Waals surface area contributed by atoms with Crippen LogP contribution >= 0.6 is 11.8 Å². The first-order chi connectivity index (χ1) is 14.0. The molecule has 1 unspecified atom stereocenters. The van der Waals surface area contributed by atoms with Crippen LogP contribution in [-0.4, -0.2) is 63.8 Å². The summed E-state index contributed by atoms with van der Waals surface area (Å²) in [6.07, 6.45) is 2.70. The van der Waals surface area contributed by atoms with E-state index in [-0.39, 0.29) is 46.3 Å². The van der Waals surface area contributed by atoms with Crippen molar-refractivity contribution >= 4 is 23.8 Å². The second kappa shape index (κ2) is 10.4. The molecule has 6 nitrogen and oxygen atoms in total. The third kappa shape index (κ3) is 7.11. The molecule has 1 atom stereocenters. The zero-order chi connectivity index (χ0) is 22.5. The number of likely N-dealkylation sites (tertiary alicyclic amines) is 1. The van der Waals surface area contributed by atoms with E-state index in [1.54, 1.807) is 15.9 Å². The molecular weight excluding hydrogens is 412 g/mol. The van der Waals surface area contributed by atoms with Crippen molar-refractivity contribution in [3.05, 3.63) is 23.9 Å². The van der Waals surface area contributed by atoms with Crippen LogP contribution in [0.1, 0.15) is 57.8 Å². The Morgan fingerprint density at radius 1 is 1.37 bits per heavy atom. The van der Waals surface area contributed by atoms with E-state index >= 15 is 0 Å². The van der Waals surface area contributed by atoms with Gasteiger partial charge in [-0.15, -0.1) is 0 Å². The standard InChI is InChI=1S/C21H31F2N3O3S/c1-14(2)26(20(28)29-21(3,4)5)13-15-8-7-11-25(12-15)18(27)16-9-6-10-24-17(16)30-19(22)23/h6,9-10,14-15,19H,7-8,11-13H2,1-5H3. The molecule has 1 fully saturated rings. The topological polar surface area (TPSA) is 62.7 Å². The van der Waals surface area contributed by atoms with Gasteiger partial charge in [0.2, 0.25) is 0 Å². The summed E-state index contributed by atoms with van der Waals surface area (Å²) in [5, 5.41) is 0.0391. The maximum atomic E-state index is 13.0. The fourth-order valence-electron chi connectivity index (χ4n) is 3.40. The normalized spacial score (nSPS) is 17.4. The van der Waals surface area contributed by atoms with Crippen molar-refractivity contribution in [1.82, 2.24) is 14.8 Å². The first-order valence-corrected chi connectivity index (χ1v) is 11.0. The van der Waals surface area contributed by atoms with E-state index in [1.807, 2.05) is 34.6 Å². The highest BCUT2D eigenvalue weighted by Crippen LogP contribution is 2.28. The molecule has 1 aromatic rings. The summed E-state index contributed by atoms with van der Waals surface area (Å²) in [5.41, 5.74) is -0.394. The van der Waals surface area contributed by atoms with E-state index in [1.165, 1.54) is 12.3 Å². The molecule has 30 heavy (non-hydrogen) atoms. The molecule has 1 aliphatic rings. The lowest BCUT2D eigenvalue weighted by atomic mass is 9.96. The quantitative estimate of drug-likeness (QED) is 0.586. The summed E-state index contributed by atoms with van der Waals surface area (Å²) in [4.78, 5) is 32.9. The summed E-state index contributed by atoms with van der Waals surface area (Å²) in [6.45, 7) is 10.8. The van der Waals surface area contributed by atoms with Gasteiger partial charge < -0.3 is 14.5 Å². The van der Waals surface area contributed by atoms with Crippen molar-refractivity contribution < 1.29 is 23.1 Å². The van der Waals surface area contributed by atoms with Gasteiger partial charge in [-0.1, -0.05) is 0 Å². The summed E-state index contributed by atoms with van der Waals surface area (Å²) < 4.78 is 31.2. The van der Waals surface area contributed by atoms with Crippen molar-refractivity contribution in [3.8, 4) is 0 Å². The Labute approximate surface area is 181 Å². The summed E-state index contributed by atoms with van der Waals surface area (Å²) in [5.74, 6) is -2.86. The van der Waals surface area contributed by atoms with E-state index in [2.05, 4.69) is 4.98 Å². The summed E-state index contributed by atoms with van der Waals surface area (Å²) in [7, 11) is 0. The number of amides is 2. The number of thioether (sulfide) groups is 1. The van der Waals surface area contributed by atoms with Crippen molar-refractivity contribution in [2.75, 3.05) is 19.6 Å². The lowest BCUT2D eigenvalue weighted by molar-refractivity contribution is 0.0124. The highest BCUT2D eigenvalue weighted by molar-refractivity contribution is 7.99. The number of carbonyl (C=O) groups excluding carboxylic acids is 2. The number of alkyl halides is 2. The molecule has 0 radical (unpaired) electrons. The predicted octanol–water partition coefficient (Wildman–Crippen LogP) is 4.89. The van der Waals surface area contributed by atoms with Gasteiger partial charge >= 0.3 is 6.09 Å². The largest absolute Gasteiger partial charge is 0.444 e. The lowest BCUT2D eigenvalue weighted by Crippen LogP contribution is -2.48. The van der Waals surface area contributed by atoms with Crippen LogP contribution in [0.3, 0.4) is 0 Å². The van der Waals surface area contributed by atoms with Crippen molar-refractivity contribution in [1.29, 1.82) is 0 Å². The average Bonchev–Trinajstić information content (AvgIpc) is 2.64. The monoisotopic (exact) mass is 443 g/mol. The Bertz CT molecular complexity index is 740. The highest BCUT2D eigenvalue weighted by Gasteiger charge is 2.31. The second-order valence-electron chi connectivity index (χ2n) is 8.72. The van der Waals surface area contributed by atoms with Crippen LogP contribution < -0.4 is 0 Å². The van der Waals surface area contributed by atoms with Crippen molar-refractivity contribution in [2.24, 2.45) is 5.92 Å². The number of nitrogens with zero attached hydrogens (tertiary/aromatic N) is 3. The predicted molar refractivity (Wildman–Crippen MR) is 113 cm³/mol. The molecule has 0 N–H and O–H groups in total. The van der Waals surface area contributed by atoms with Crippen LogP contribution in [0.25, 0.3) is 0 Å². The molecule has 0 saturated carbocycles. The molecule has 0 bridgehead atoms. The van der Waals surface area contributed by atoms with E-state index in [9.17, 15) is 18.4 Å². The van der Waals surface area contributed by atoms with Crippen LogP contribution in [0.2, 0.25) is 0 Å². The van der Waals surface area contributed by atoms with Gasteiger partial charge in [0.1, 0.15) is 10.6 Å². The molecule has 1 aromatic heterocycles. The number of rotatable bonds is 6. The Balaban J connectivity index is 2.09. The van der Waals surface area contributed by atoms with E-state index < -0.39 is 11.4 Å². The van der Waals surface area contributed by atoms with E-state index in [0.717, 1.165) is 12.8 Å². The first-order valence-electron chi connectivity index (χ1n) is 10.2. The summed E-state index contributed by atoms with van der Waals surface area (Å²) in [6, 6.07) is 3.07. The van der Waals surface area contributed by atoms with Crippen LogP contribution in [0, 0.1) is 5.92 Å². The molecule has 168 valence electrons. The average molecular weight is 444 g/mol. The number of halogens is 2. The van der Waals surface area contributed by atoms with Crippen molar-refractivity contribution in [2.45, 2.75) is 69.9 Å². The van der Waals surface area contributed by atoms with Gasteiger partial charge in [-0.3, -0.25) is 4.79 Å². The fourth-order valence-corrected chi connectivity index (χ4v) is 3.97. The molecule has 2 heterocycles. The Hall–Kier alpha value is -1.90. The van der Waals surface area contributed by atoms with Gasteiger partial charge in [0.25, 0.3) is 11.7 Å². The second-order valence-corrected chi connectivity index (χ2v) is 9.70. The first kappa shape index (κ1) is 24.4. The highest BCUT2D eigenvalue weighted by atomic mass is 32.2. The van der Waals surface area contributed by atoms with Crippen molar-refractivity contribution in [3.63, 3.8) is 0 Å². The number of aromatic nitrogens is 1. The van der Waals surface area contributed by atoms with Gasteiger partial charge in [-0.25, -0.2) is 9.78 Å². The molecular formula is C21H31F2N3O3S. The molecule has 0 aromatic carbocycles. The molecule has 9 heteroatoms. The minimum Gasteiger partial charge on any atom is -0.444 e. The number of hydrogen-bond acceptors (Lipinski definition) is 5. The molecule has 2 amide bonds. The number of piperidine rings is 1. The number of hydrogen-bond donors (Lipinski definition) is 0. The zero-order valence-electron chi connectivity index (χ0n) is 18.2. The molecule has 0 spiro atoms. The Morgan fingerprint density at radius 2 is 2.07 bits per heavy atom. The van der Waals surface area contributed by atoms with Crippen LogP contribution in [0.15, 0.2) is 23.4 Å². The Kier molecular flexibility index (Phi) is 8.46. The fraction of sp³-hybridized carbons (Fsp3) is 0.667.